The quantitative estimate of drug-likeness (QED) is 0.443. The first-order valence-corrected chi connectivity index (χ1v) is 11.1. The van der Waals surface area contributed by atoms with Gasteiger partial charge in [-0.3, -0.25) is 0 Å². The zero-order valence-corrected chi connectivity index (χ0v) is 18.1. The molecule has 3 aromatic rings. The molecule has 2 heterocycles. The van der Waals surface area contributed by atoms with Crippen LogP contribution in [0.1, 0.15) is 44.2 Å². The maximum absolute atomic E-state index is 4.75. The smallest absolute Gasteiger partial charge is 0.155 e. The molecule has 4 rings (SSSR count). The van der Waals surface area contributed by atoms with Crippen LogP contribution in [0.4, 0.5) is 5.69 Å². The highest BCUT2D eigenvalue weighted by molar-refractivity contribution is 8.04. The number of aromatic nitrogens is 1. The molecular formula is C23H26N2S2. The molecule has 0 saturated heterocycles. The van der Waals surface area contributed by atoms with Gasteiger partial charge in [-0.15, -0.1) is 11.3 Å². The van der Waals surface area contributed by atoms with Crippen LogP contribution < -0.4 is 4.90 Å². The van der Waals surface area contributed by atoms with Gasteiger partial charge in [0.1, 0.15) is 0 Å². The summed E-state index contributed by atoms with van der Waals surface area (Å²) >= 11 is 3.46. The largest absolute Gasteiger partial charge is 0.361 e. The van der Waals surface area contributed by atoms with E-state index in [0.717, 1.165) is 27.7 Å². The van der Waals surface area contributed by atoms with Gasteiger partial charge in [-0.05, 0) is 62.4 Å². The van der Waals surface area contributed by atoms with Crippen molar-refractivity contribution in [3.8, 4) is 0 Å². The Morgan fingerprint density at radius 2 is 2.07 bits per heavy atom. The first-order chi connectivity index (χ1) is 12.8. The minimum atomic E-state index is 0.108. The molecule has 0 aliphatic carbocycles. The number of anilines is 1. The molecule has 1 unspecified atom stereocenters. The van der Waals surface area contributed by atoms with E-state index in [4.69, 9.17) is 4.98 Å². The molecule has 1 aliphatic heterocycles. The fraction of sp³-hybridized carbons (Fsp3) is 0.348. The van der Waals surface area contributed by atoms with Crippen molar-refractivity contribution < 1.29 is 0 Å². The molecule has 0 radical (unpaired) electrons. The minimum Gasteiger partial charge on any atom is -0.361 e. The second-order valence-corrected chi connectivity index (χ2v) is 10.6. The Kier molecular flexibility index (Phi) is 4.81. The molecular weight excluding hydrogens is 368 g/mol. The van der Waals surface area contributed by atoms with Crippen LogP contribution >= 0.6 is 23.1 Å². The molecule has 27 heavy (non-hydrogen) atoms. The highest BCUT2D eigenvalue weighted by Crippen LogP contribution is 2.45. The maximum Gasteiger partial charge on any atom is 0.155 e. The Morgan fingerprint density at radius 3 is 2.85 bits per heavy atom. The topological polar surface area (TPSA) is 16.1 Å². The summed E-state index contributed by atoms with van der Waals surface area (Å²) in [4.78, 5) is 8.44. The molecule has 140 valence electrons. The molecule has 1 aliphatic rings. The molecule has 2 nitrogen and oxygen atoms in total. The van der Waals surface area contributed by atoms with Gasteiger partial charge in [-0.25, -0.2) is 4.98 Å². The second kappa shape index (κ2) is 6.99. The van der Waals surface area contributed by atoms with Crippen LogP contribution in [0, 0.1) is 6.92 Å². The summed E-state index contributed by atoms with van der Waals surface area (Å²) in [6.07, 6.45) is 1.15. The lowest BCUT2D eigenvalue weighted by Crippen LogP contribution is -2.49. The number of hydrogen-bond acceptors (Lipinski definition) is 4. The van der Waals surface area contributed by atoms with Gasteiger partial charge in [-0.2, -0.15) is 0 Å². The molecule has 0 spiro atoms. The van der Waals surface area contributed by atoms with Crippen molar-refractivity contribution in [3.05, 3.63) is 65.1 Å². The molecule has 0 saturated carbocycles. The summed E-state index contributed by atoms with van der Waals surface area (Å²) in [7, 11) is 0. The van der Waals surface area contributed by atoms with E-state index in [9.17, 15) is 0 Å². The first kappa shape index (κ1) is 18.6. The van der Waals surface area contributed by atoms with Gasteiger partial charge >= 0.3 is 0 Å². The highest BCUT2D eigenvalue weighted by Gasteiger charge is 2.36. The number of fused-ring (bicyclic) bond motifs is 2. The third-order valence-electron chi connectivity index (χ3n) is 5.38. The maximum atomic E-state index is 4.75. The third kappa shape index (κ3) is 3.65. The van der Waals surface area contributed by atoms with Crippen molar-refractivity contribution in [2.75, 3.05) is 11.4 Å². The number of nitrogens with zero attached hydrogens (tertiary/aromatic N) is 2. The van der Waals surface area contributed by atoms with Gasteiger partial charge < -0.3 is 4.90 Å². The second-order valence-electron chi connectivity index (χ2n) is 8.15. The summed E-state index contributed by atoms with van der Waals surface area (Å²) < 4.78 is 2.31. The van der Waals surface area contributed by atoms with E-state index in [0.29, 0.717) is 5.92 Å². The van der Waals surface area contributed by atoms with Crippen molar-refractivity contribution in [2.24, 2.45) is 0 Å². The predicted octanol–water partition coefficient (Wildman–Crippen LogP) is 7.00. The van der Waals surface area contributed by atoms with Crippen LogP contribution in [0.15, 0.2) is 58.3 Å². The van der Waals surface area contributed by atoms with Gasteiger partial charge in [0.05, 0.1) is 10.2 Å². The SMILES string of the molecule is C=C(CN1c2cc(C)ccc2C(C)CC1(C)C)Sc1nc2ccccc2s1. The fourth-order valence-electron chi connectivity index (χ4n) is 4.13. The Labute approximate surface area is 170 Å². The van der Waals surface area contributed by atoms with E-state index in [1.165, 1.54) is 21.5 Å². The van der Waals surface area contributed by atoms with E-state index in [1.54, 1.807) is 23.1 Å². The highest BCUT2D eigenvalue weighted by atomic mass is 32.2. The van der Waals surface area contributed by atoms with Gasteiger partial charge in [0.2, 0.25) is 0 Å². The molecule has 4 heteroatoms. The number of thiazole rings is 1. The van der Waals surface area contributed by atoms with Gasteiger partial charge in [0.15, 0.2) is 4.34 Å². The Bertz CT molecular complexity index is 970. The number of hydrogen-bond donors (Lipinski definition) is 0. The van der Waals surface area contributed by atoms with Crippen molar-refractivity contribution in [3.63, 3.8) is 0 Å². The summed E-state index contributed by atoms with van der Waals surface area (Å²) in [6, 6.07) is 15.2. The predicted molar refractivity (Wildman–Crippen MR) is 120 cm³/mol. The molecule has 0 amide bonds. The number of para-hydroxylation sites is 1. The van der Waals surface area contributed by atoms with E-state index in [1.807, 2.05) is 6.07 Å². The fourth-order valence-corrected chi connectivity index (χ4v) is 6.20. The van der Waals surface area contributed by atoms with Gasteiger partial charge in [0, 0.05) is 22.7 Å². The van der Waals surface area contributed by atoms with Crippen LogP contribution in [-0.2, 0) is 0 Å². The van der Waals surface area contributed by atoms with Crippen molar-refractivity contribution in [2.45, 2.75) is 49.9 Å². The molecule has 1 aromatic heterocycles. The summed E-state index contributed by atoms with van der Waals surface area (Å²) in [5.41, 5.74) is 5.32. The Morgan fingerprint density at radius 1 is 1.30 bits per heavy atom. The average Bonchev–Trinajstić information content (AvgIpc) is 3.00. The van der Waals surface area contributed by atoms with Crippen molar-refractivity contribution in [1.29, 1.82) is 0 Å². The lowest BCUT2D eigenvalue weighted by atomic mass is 9.80. The zero-order valence-electron chi connectivity index (χ0n) is 16.5. The standard InChI is InChI=1S/C23H26N2S2/c1-15-10-11-18-16(2)13-23(4,5)25(20(18)12-15)14-17(3)26-22-24-19-8-6-7-9-21(19)27-22/h6-12,16H,3,13-14H2,1-2,4-5H3. The minimum absolute atomic E-state index is 0.108. The van der Waals surface area contributed by atoms with Crippen molar-refractivity contribution >= 4 is 39.0 Å². The number of thioether (sulfide) groups is 1. The normalized spacial score (nSPS) is 18.5. The molecule has 2 aromatic carbocycles. The zero-order chi connectivity index (χ0) is 19.2. The summed E-state index contributed by atoms with van der Waals surface area (Å²) in [5.74, 6) is 0.581. The van der Waals surface area contributed by atoms with Crippen LogP contribution in [0.5, 0.6) is 0 Å². The number of aryl methyl sites for hydroxylation is 1. The van der Waals surface area contributed by atoms with Gasteiger partial charge in [-0.1, -0.05) is 49.5 Å². The van der Waals surface area contributed by atoms with Crippen LogP contribution in [-0.4, -0.2) is 17.1 Å². The molecule has 0 bridgehead atoms. The first-order valence-electron chi connectivity index (χ1n) is 9.43. The molecule has 1 atom stereocenters. The lowest BCUT2D eigenvalue weighted by molar-refractivity contribution is 0.385. The van der Waals surface area contributed by atoms with Crippen LogP contribution in [0.25, 0.3) is 10.2 Å². The van der Waals surface area contributed by atoms with Gasteiger partial charge in [0.25, 0.3) is 0 Å². The van der Waals surface area contributed by atoms with Crippen LogP contribution in [0.2, 0.25) is 0 Å². The number of rotatable bonds is 4. The average molecular weight is 395 g/mol. The summed E-state index contributed by atoms with van der Waals surface area (Å²) in [5, 5.41) is 0. The Hall–Kier alpha value is -1.78. The molecule has 0 N–H and O–H groups in total. The van der Waals surface area contributed by atoms with E-state index >= 15 is 0 Å². The Balaban J connectivity index is 1.59. The number of benzene rings is 2. The van der Waals surface area contributed by atoms with E-state index < -0.39 is 0 Å². The lowest BCUT2D eigenvalue weighted by Gasteiger charge is -2.48. The summed E-state index contributed by atoms with van der Waals surface area (Å²) in [6.45, 7) is 14.5. The van der Waals surface area contributed by atoms with E-state index in [2.05, 4.69) is 75.6 Å². The van der Waals surface area contributed by atoms with Crippen LogP contribution in [0.3, 0.4) is 0 Å². The monoisotopic (exact) mass is 394 g/mol. The third-order valence-corrected chi connectivity index (χ3v) is 7.40. The molecule has 0 fully saturated rings. The van der Waals surface area contributed by atoms with E-state index in [-0.39, 0.29) is 5.54 Å². The van der Waals surface area contributed by atoms with Crippen molar-refractivity contribution in [1.82, 2.24) is 4.98 Å².